The van der Waals surface area contributed by atoms with Gasteiger partial charge in [-0.15, -0.1) is 0 Å². The number of hydrogen-bond acceptors (Lipinski definition) is 3. The molecule has 20 heavy (non-hydrogen) atoms. The number of hydrogen-bond donors (Lipinski definition) is 1. The summed E-state index contributed by atoms with van der Waals surface area (Å²) in [5.74, 6) is -0.596. The molecule has 6 heteroatoms. The molecule has 2 N–H and O–H groups in total. The number of nitrogens with two attached hydrogens (primary N) is 1. The first-order valence-electron chi connectivity index (χ1n) is 6.90. The summed E-state index contributed by atoms with van der Waals surface area (Å²) in [5, 5.41) is 0. The largest absolute Gasteiger partial charge is 0.396 e. The third kappa shape index (κ3) is 2.54. The summed E-state index contributed by atoms with van der Waals surface area (Å²) in [7, 11) is -3.58. The predicted molar refractivity (Wildman–Crippen MR) is 77.2 cm³/mol. The Labute approximate surface area is 119 Å². The van der Waals surface area contributed by atoms with Gasteiger partial charge in [-0.05, 0) is 42.9 Å². The van der Waals surface area contributed by atoms with Gasteiger partial charge in [-0.3, -0.25) is 0 Å². The van der Waals surface area contributed by atoms with Gasteiger partial charge in [0.15, 0.2) is 0 Å². The van der Waals surface area contributed by atoms with E-state index in [2.05, 4.69) is 13.8 Å². The molecular formula is C14H21FN2O2S. The molecule has 1 aromatic rings. The summed E-state index contributed by atoms with van der Waals surface area (Å²) in [6, 6.07) is 3.58. The van der Waals surface area contributed by atoms with Crippen LogP contribution in [-0.4, -0.2) is 25.8 Å². The lowest BCUT2D eigenvalue weighted by Crippen LogP contribution is -2.32. The van der Waals surface area contributed by atoms with Crippen molar-refractivity contribution in [3.05, 3.63) is 24.0 Å². The van der Waals surface area contributed by atoms with Crippen LogP contribution < -0.4 is 5.73 Å². The molecule has 112 valence electrons. The second-order valence-electron chi connectivity index (χ2n) is 5.48. The lowest BCUT2D eigenvalue weighted by Gasteiger charge is -2.26. The highest BCUT2D eigenvalue weighted by Crippen LogP contribution is 2.39. The highest BCUT2D eigenvalue weighted by Gasteiger charge is 2.40. The SMILES string of the molecule is CCC1(CC)CCN(S(=O)(=O)c2ccc(F)c(N)c2)C1. The molecule has 0 unspecified atom stereocenters. The van der Waals surface area contributed by atoms with Gasteiger partial charge >= 0.3 is 0 Å². The van der Waals surface area contributed by atoms with Gasteiger partial charge in [-0.25, -0.2) is 12.8 Å². The molecule has 4 nitrogen and oxygen atoms in total. The van der Waals surface area contributed by atoms with E-state index in [1.807, 2.05) is 0 Å². The lowest BCUT2D eigenvalue weighted by atomic mass is 9.82. The Hall–Kier alpha value is -1.14. The van der Waals surface area contributed by atoms with E-state index < -0.39 is 15.8 Å². The van der Waals surface area contributed by atoms with E-state index in [0.717, 1.165) is 25.3 Å². The molecule has 0 bridgehead atoms. The first kappa shape index (κ1) is 15.3. The van der Waals surface area contributed by atoms with E-state index in [1.54, 1.807) is 0 Å². The topological polar surface area (TPSA) is 63.4 Å². The number of rotatable bonds is 4. The van der Waals surface area contributed by atoms with Crippen LogP contribution in [-0.2, 0) is 10.0 Å². The minimum Gasteiger partial charge on any atom is -0.396 e. The van der Waals surface area contributed by atoms with E-state index in [4.69, 9.17) is 5.73 Å². The number of anilines is 1. The molecule has 2 rings (SSSR count). The summed E-state index contributed by atoms with van der Waals surface area (Å²) in [5.41, 5.74) is 5.40. The normalized spacial score (nSPS) is 19.4. The Bertz CT molecular complexity index is 597. The van der Waals surface area contributed by atoms with Gasteiger partial charge in [-0.2, -0.15) is 4.31 Å². The Kier molecular flexibility index (Phi) is 4.07. The van der Waals surface area contributed by atoms with Crippen LogP contribution in [0.5, 0.6) is 0 Å². The van der Waals surface area contributed by atoms with Crippen LogP contribution in [0.4, 0.5) is 10.1 Å². The fourth-order valence-corrected chi connectivity index (χ4v) is 4.35. The highest BCUT2D eigenvalue weighted by atomic mass is 32.2. The van der Waals surface area contributed by atoms with Gasteiger partial charge < -0.3 is 5.73 Å². The average molecular weight is 300 g/mol. The Balaban J connectivity index is 2.30. The van der Waals surface area contributed by atoms with Crippen LogP contribution in [0.25, 0.3) is 0 Å². The molecule has 0 aliphatic carbocycles. The van der Waals surface area contributed by atoms with Crippen LogP contribution in [0.1, 0.15) is 33.1 Å². The molecule has 0 atom stereocenters. The van der Waals surface area contributed by atoms with Crippen molar-refractivity contribution < 1.29 is 12.8 Å². The quantitative estimate of drug-likeness (QED) is 0.869. The zero-order valence-electron chi connectivity index (χ0n) is 11.9. The zero-order valence-corrected chi connectivity index (χ0v) is 12.7. The standard InChI is InChI=1S/C14H21FN2O2S/c1-3-14(4-2)7-8-17(10-14)20(18,19)11-5-6-12(15)13(16)9-11/h5-6,9H,3-4,7-8,10,16H2,1-2H3. The van der Waals surface area contributed by atoms with Crippen LogP contribution in [0.2, 0.25) is 0 Å². The molecule has 1 fully saturated rings. The highest BCUT2D eigenvalue weighted by molar-refractivity contribution is 7.89. The smallest absolute Gasteiger partial charge is 0.243 e. The van der Waals surface area contributed by atoms with Crippen molar-refractivity contribution in [1.29, 1.82) is 0 Å². The third-order valence-electron chi connectivity index (χ3n) is 4.51. The molecule has 0 spiro atoms. The summed E-state index contributed by atoms with van der Waals surface area (Å²) < 4.78 is 39.8. The van der Waals surface area contributed by atoms with Crippen LogP contribution in [0.3, 0.4) is 0 Å². The van der Waals surface area contributed by atoms with Gasteiger partial charge in [-0.1, -0.05) is 13.8 Å². The number of sulfonamides is 1. The second kappa shape index (κ2) is 5.33. The third-order valence-corrected chi connectivity index (χ3v) is 6.35. The van der Waals surface area contributed by atoms with Gasteiger partial charge in [0.25, 0.3) is 0 Å². The maximum absolute atomic E-state index is 13.2. The molecule has 1 aliphatic heterocycles. The summed E-state index contributed by atoms with van der Waals surface area (Å²) >= 11 is 0. The maximum atomic E-state index is 13.2. The number of nitrogen functional groups attached to an aromatic ring is 1. The van der Waals surface area contributed by atoms with Gasteiger partial charge in [0.2, 0.25) is 10.0 Å². The fourth-order valence-electron chi connectivity index (χ4n) is 2.76. The van der Waals surface area contributed by atoms with Crippen LogP contribution in [0, 0.1) is 11.2 Å². The van der Waals surface area contributed by atoms with E-state index >= 15 is 0 Å². The van der Waals surface area contributed by atoms with Crippen molar-refractivity contribution in [1.82, 2.24) is 4.31 Å². The van der Waals surface area contributed by atoms with E-state index in [9.17, 15) is 12.8 Å². The number of benzene rings is 1. The molecule has 0 amide bonds. The average Bonchev–Trinajstić information content (AvgIpc) is 2.87. The fraction of sp³-hybridized carbons (Fsp3) is 0.571. The maximum Gasteiger partial charge on any atom is 0.243 e. The first-order valence-corrected chi connectivity index (χ1v) is 8.34. The molecule has 1 heterocycles. The van der Waals surface area contributed by atoms with Crippen LogP contribution >= 0.6 is 0 Å². The van der Waals surface area contributed by atoms with Gasteiger partial charge in [0.1, 0.15) is 5.82 Å². The lowest BCUT2D eigenvalue weighted by molar-refractivity contribution is 0.279. The van der Waals surface area contributed by atoms with Gasteiger partial charge in [0, 0.05) is 13.1 Å². The summed E-state index contributed by atoms with van der Waals surface area (Å²) in [6.07, 6.45) is 2.79. The molecule has 0 saturated carbocycles. The van der Waals surface area contributed by atoms with Crippen molar-refractivity contribution in [3.8, 4) is 0 Å². The van der Waals surface area contributed by atoms with E-state index in [0.29, 0.717) is 13.1 Å². The minimum atomic E-state index is -3.58. The van der Waals surface area contributed by atoms with Crippen molar-refractivity contribution in [2.45, 2.75) is 38.0 Å². The Morgan fingerprint density at radius 1 is 1.35 bits per heavy atom. The summed E-state index contributed by atoms with van der Waals surface area (Å²) in [4.78, 5) is 0.0689. The second-order valence-corrected chi connectivity index (χ2v) is 7.42. The minimum absolute atomic E-state index is 0.0681. The van der Waals surface area contributed by atoms with E-state index in [-0.39, 0.29) is 16.0 Å². The number of nitrogens with zero attached hydrogens (tertiary/aromatic N) is 1. The molecule has 0 aromatic heterocycles. The van der Waals surface area contributed by atoms with Gasteiger partial charge in [0.05, 0.1) is 10.6 Å². The van der Waals surface area contributed by atoms with E-state index in [1.165, 1.54) is 16.4 Å². The molecule has 1 saturated heterocycles. The van der Waals surface area contributed by atoms with Crippen molar-refractivity contribution in [2.24, 2.45) is 5.41 Å². The van der Waals surface area contributed by atoms with Crippen molar-refractivity contribution >= 4 is 15.7 Å². The first-order chi connectivity index (χ1) is 9.34. The predicted octanol–water partition coefficient (Wildman–Crippen LogP) is 2.61. The molecule has 0 radical (unpaired) electrons. The summed E-state index contributed by atoms with van der Waals surface area (Å²) in [6.45, 7) is 5.23. The zero-order chi connectivity index (χ0) is 15.0. The van der Waals surface area contributed by atoms with Crippen LogP contribution in [0.15, 0.2) is 23.1 Å². The Morgan fingerprint density at radius 3 is 2.50 bits per heavy atom. The molecule has 1 aliphatic rings. The number of halogens is 1. The molecule has 1 aromatic carbocycles. The van der Waals surface area contributed by atoms with Crippen molar-refractivity contribution in [3.63, 3.8) is 0 Å². The molecular weight excluding hydrogens is 279 g/mol. The Morgan fingerprint density at radius 2 is 2.00 bits per heavy atom. The van der Waals surface area contributed by atoms with Crippen molar-refractivity contribution in [2.75, 3.05) is 18.8 Å². The monoisotopic (exact) mass is 300 g/mol.